The van der Waals surface area contributed by atoms with E-state index in [0.717, 1.165) is 30.8 Å². The van der Waals surface area contributed by atoms with E-state index >= 15 is 0 Å². The van der Waals surface area contributed by atoms with Gasteiger partial charge in [-0.25, -0.2) is 8.78 Å². The maximum absolute atomic E-state index is 13.1. The van der Waals surface area contributed by atoms with Gasteiger partial charge in [-0.3, -0.25) is 0 Å². The molecular weight excluding hydrogens is 276 g/mol. The highest BCUT2D eigenvalue weighted by Gasteiger charge is 2.04. The molecule has 0 bridgehead atoms. The van der Waals surface area contributed by atoms with E-state index < -0.39 is 11.6 Å². The van der Waals surface area contributed by atoms with Crippen molar-refractivity contribution in [1.82, 2.24) is 5.32 Å². The fraction of sp³-hybridized carbons (Fsp3) is 0.250. The first kappa shape index (κ1) is 15.4. The lowest BCUT2D eigenvalue weighted by molar-refractivity contribution is 0.199. The van der Waals surface area contributed by atoms with E-state index in [-0.39, 0.29) is 5.75 Å². The summed E-state index contributed by atoms with van der Waals surface area (Å²) in [6.45, 7) is 2.18. The first-order chi connectivity index (χ1) is 10.2. The number of hydrogen-bond acceptors (Lipinski definition) is 3. The van der Waals surface area contributed by atoms with Crippen LogP contribution in [0.2, 0.25) is 0 Å². The smallest absolute Gasteiger partial charge is 0.162 e. The standard InChI is InChI=1S/C16H17F2NO2/c1-20-9-8-19-11-12-2-4-13(5-3-12)21-14-6-7-15(17)16(18)10-14/h2-7,10,19H,8-9,11H2,1H3. The quantitative estimate of drug-likeness (QED) is 0.793. The average Bonchev–Trinajstić information content (AvgIpc) is 2.49. The Morgan fingerprint density at radius 3 is 2.33 bits per heavy atom. The molecular formula is C16H17F2NO2. The maximum atomic E-state index is 13.1. The molecule has 0 saturated carbocycles. The molecule has 0 aliphatic heterocycles. The zero-order valence-corrected chi connectivity index (χ0v) is 11.7. The highest BCUT2D eigenvalue weighted by molar-refractivity contribution is 5.33. The lowest BCUT2D eigenvalue weighted by Gasteiger charge is -2.08. The summed E-state index contributed by atoms with van der Waals surface area (Å²) in [4.78, 5) is 0. The lowest BCUT2D eigenvalue weighted by atomic mass is 10.2. The molecule has 2 rings (SSSR count). The first-order valence-electron chi connectivity index (χ1n) is 6.60. The van der Waals surface area contributed by atoms with Crippen molar-refractivity contribution in [2.75, 3.05) is 20.3 Å². The van der Waals surface area contributed by atoms with E-state index in [4.69, 9.17) is 9.47 Å². The Morgan fingerprint density at radius 1 is 0.952 bits per heavy atom. The van der Waals surface area contributed by atoms with Crippen molar-refractivity contribution in [1.29, 1.82) is 0 Å². The third kappa shape index (κ3) is 4.81. The second kappa shape index (κ2) is 7.71. The van der Waals surface area contributed by atoms with Gasteiger partial charge in [0, 0.05) is 26.3 Å². The Morgan fingerprint density at radius 2 is 1.67 bits per heavy atom. The minimum absolute atomic E-state index is 0.264. The van der Waals surface area contributed by atoms with Crippen molar-refractivity contribution >= 4 is 0 Å². The Bertz CT molecular complexity index is 573. The number of hydrogen-bond donors (Lipinski definition) is 1. The predicted molar refractivity (Wildman–Crippen MR) is 76.5 cm³/mol. The van der Waals surface area contributed by atoms with Gasteiger partial charge in [0.2, 0.25) is 0 Å². The highest BCUT2D eigenvalue weighted by Crippen LogP contribution is 2.23. The molecule has 0 atom stereocenters. The van der Waals surface area contributed by atoms with Gasteiger partial charge >= 0.3 is 0 Å². The highest BCUT2D eigenvalue weighted by atomic mass is 19.2. The number of halogens is 2. The minimum atomic E-state index is -0.925. The van der Waals surface area contributed by atoms with Crippen LogP contribution in [0.3, 0.4) is 0 Å². The molecule has 2 aromatic rings. The molecule has 3 nitrogen and oxygen atoms in total. The van der Waals surface area contributed by atoms with Crippen LogP contribution in [0.1, 0.15) is 5.56 Å². The summed E-state index contributed by atoms with van der Waals surface area (Å²) in [6, 6.07) is 10.8. The van der Waals surface area contributed by atoms with Crippen molar-refractivity contribution < 1.29 is 18.3 Å². The second-order valence-electron chi connectivity index (χ2n) is 4.49. The third-order valence-corrected chi connectivity index (χ3v) is 2.86. The third-order valence-electron chi connectivity index (χ3n) is 2.86. The molecule has 0 amide bonds. The van der Waals surface area contributed by atoms with E-state index in [1.807, 2.05) is 12.1 Å². The normalized spacial score (nSPS) is 10.6. The summed E-state index contributed by atoms with van der Waals surface area (Å²) >= 11 is 0. The molecule has 0 radical (unpaired) electrons. The minimum Gasteiger partial charge on any atom is -0.457 e. The molecule has 0 saturated heterocycles. The molecule has 0 heterocycles. The van der Waals surface area contributed by atoms with Gasteiger partial charge in [0.1, 0.15) is 11.5 Å². The topological polar surface area (TPSA) is 30.5 Å². The van der Waals surface area contributed by atoms with Gasteiger partial charge in [-0.15, -0.1) is 0 Å². The van der Waals surface area contributed by atoms with Crippen LogP contribution in [0.4, 0.5) is 8.78 Å². The SMILES string of the molecule is COCCNCc1ccc(Oc2ccc(F)c(F)c2)cc1. The van der Waals surface area contributed by atoms with Crippen LogP contribution in [0.25, 0.3) is 0 Å². The summed E-state index contributed by atoms with van der Waals surface area (Å²) in [5, 5.41) is 3.23. The van der Waals surface area contributed by atoms with E-state index in [1.54, 1.807) is 19.2 Å². The van der Waals surface area contributed by atoms with Gasteiger partial charge < -0.3 is 14.8 Å². The van der Waals surface area contributed by atoms with Gasteiger partial charge in [-0.2, -0.15) is 0 Å². The van der Waals surface area contributed by atoms with Gasteiger partial charge in [-0.1, -0.05) is 12.1 Å². The van der Waals surface area contributed by atoms with Crippen LogP contribution in [0, 0.1) is 11.6 Å². The molecule has 0 unspecified atom stereocenters. The van der Waals surface area contributed by atoms with Crippen molar-refractivity contribution in [3.63, 3.8) is 0 Å². The van der Waals surface area contributed by atoms with Crippen molar-refractivity contribution in [2.24, 2.45) is 0 Å². The number of benzene rings is 2. The summed E-state index contributed by atoms with van der Waals surface area (Å²) in [6.07, 6.45) is 0. The Kier molecular flexibility index (Phi) is 5.66. The molecule has 21 heavy (non-hydrogen) atoms. The summed E-state index contributed by atoms with van der Waals surface area (Å²) in [5.74, 6) is -0.979. The van der Waals surface area contributed by atoms with Crippen molar-refractivity contribution in [2.45, 2.75) is 6.54 Å². The Labute approximate surface area is 122 Å². The largest absolute Gasteiger partial charge is 0.457 e. The van der Waals surface area contributed by atoms with Crippen LogP contribution in [0.5, 0.6) is 11.5 Å². The summed E-state index contributed by atoms with van der Waals surface area (Å²) < 4.78 is 36.3. The van der Waals surface area contributed by atoms with Crippen LogP contribution >= 0.6 is 0 Å². The fourth-order valence-corrected chi connectivity index (χ4v) is 1.76. The lowest BCUT2D eigenvalue weighted by Crippen LogP contribution is -2.18. The van der Waals surface area contributed by atoms with Gasteiger partial charge in [-0.05, 0) is 29.8 Å². The average molecular weight is 293 g/mol. The summed E-state index contributed by atoms with van der Waals surface area (Å²) in [5.41, 5.74) is 1.10. The molecule has 0 fully saturated rings. The van der Waals surface area contributed by atoms with Crippen LogP contribution < -0.4 is 10.1 Å². The number of methoxy groups -OCH3 is 1. The first-order valence-corrected chi connectivity index (χ1v) is 6.60. The van der Waals surface area contributed by atoms with E-state index in [9.17, 15) is 8.78 Å². The molecule has 0 aliphatic rings. The van der Waals surface area contributed by atoms with Crippen LogP contribution in [-0.4, -0.2) is 20.3 Å². The number of ether oxygens (including phenoxy) is 2. The predicted octanol–water partition coefficient (Wildman–Crippen LogP) is 3.49. The zero-order valence-electron chi connectivity index (χ0n) is 11.7. The Balaban J connectivity index is 1.91. The number of rotatable bonds is 7. The fourth-order valence-electron chi connectivity index (χ4n) is 1.76. The second-order valence-corrected chi connectivity index (χ2v) is 4.49. The molecule has 0 spiro atoms. The van der Waals surface area contributed by atoms with Crippen LogP contribution in [-0.2, 0) is 11.3 Å². The molecule has 5 heteroatoms. The zero-order chi connectivity index (χ0) is 15.1. The Hall–Kier alpha value is -1.98. The van der Waals surface area contributed by atoms with E-state index in [2.05, 4.69) is 5.32 Å². The summed E-state index contributed by atoms with van der Waals surface area (Å²) in [7, 11) is 1.66. The monoisotopic (exact) mass is 293 g/mol. The molecule has 0 aliphatic carbocycles. The van der Waals surface area contributed by atoms with E-state index in [1.165, 1.54) is 6.07 Å². The van der Waals surface area contributed by atoms with Gasteiger partial charge in [0.15, 0.2) is 11.6 Å². The van der Waals surface area contributed by atoms with E-state index in [0.29, 0.717) is 12.4 Å². The van der Waals surface area contributed by atoms with Crippen molar-refractivity contribution in [3.8, 4) is 11.5 Å². The molecule has 1 N–H and O–H groups in total. The number of nitrogens with one attached hydrogen (secondary N) is 1. The van der Waals surface area contributed by atoms with Gasteiger partial charge in [0.05, 0.1) is 6.61 Å². The molecule has 2 aromatic carbocycles. The maximum Gasteiger partial charge on any atom is 0.162 e. The molecule has 0 aromatic heterocycles. The van der Waals surface area contributed by atoms with Gasteiger partial charge in [0.25, 0.3) is 0 Å². The van der Waals surface area contributed by atoms with Crippen molar-refractivity contribution in [3.05, 3.63) is 59.7 Å². The van der Waals surface area contributed by atoms with Crippen LogP contribution in [0.15, 0.2) is 42.5 Å². The molecule has 112 valence electrons.